The van der Waals surface area contributed by atoms with Crippen LogP contribution in [0.25, 0.3) is 0 Å². The third-order valence-electron chi connectivity index (χ3n) is 5.42. The lowest BCUT2D eigenvalue weighted by molar-refractivity contribution is 0.199. The summed E-state index contributed by atoms with van der Waals surface area (Å²) in [6, 6.07) is 19.8. The number of hydrogen-bond acceptors (Lipinski definition) is 3. The molecule has 1 N–H and O–H groups in total. The minimum absolute atomic E-state index is 0.391. The quantitative estimate of drug-likeness (QED) is 0.866. The number of hydrogen-bond donors (Lipinski definition) is 1. The van der Waals surface area contributed by atoms with Crippen LogP contribution >= 0.6 is 0 Å². The predicted octanol–water partition coefficient (Wildman–Crippen LogP) is 3.88. The molecule has 1 aliphatic rings. The Bertz CT molecular complexity index is 631. The van der Waals surface area contributed by atoms with Crippen molar-refractivity contribution in [3.8, 4) is 0 Å². The van der Waals surface area contributed by atoms with Gasteiger partial charge in [0.15, 0.2) is 0 Å². The zero-order valence-electron chi connectivity index (χ0n) is 15.4. The fourth-order valence-corrected chi connectivity index (χ4v) is 3.66. The van der Waals surface area contributed by atoms with Crippen molar-refractivity contribution in [3.63, 3.8) is 0 Å². The van der Waals surface area contributed by atoms with Crippen LogP contribution in [-0.4, -0.2) is 42.7 Å². The molecule has 25 heavy (non-hydrogen) atoms. The van der Waals surface area contributed by atoms with Crippen molar-refractivity contribution >= 4 is 5.69 Å². The van der Waals surface area contributed by atoms with Crippen LogP contribution in [-0.2, 0) is 6.42 Å². The molecular weight excluding hydrogens is 308 g/mol. The SMILES string of the molecule is CC(O)c1ccc(N2CCC(N(C)CCc3ccccc3)CC2)cc1. The first-order valence-corrected chi connectivity index (χ1v) is 9.40. The van der Waals surface area contributed by atoms with Gasteiger partial charge in [-0.05, 0) is 56.5 Å². The maximum Gasteiger partial charge on any atom is 0.0761 e. The molecule has 3 rings (SSSR count). The number of likely N-dealkylation sites (N-methyl/N-ethyl adjacent to an activating group) is 1. The van der Waals surface area contributed by atoms with E-state index in [4.69, 9.17) is 0 Å². The van der Waals surface area contributed by atoms with Gasteiger partial charge in [-0.1, -0.05) is 42.5 Å². The molecule has 1 aliphatic heterocycles. The molecule has 1 fully saturated rings. The Labute approximate surface area is 151 Å². The lowest BCUT2D eigenvalue weighted by Gasteiger charge is -2.38. The van der Waals surface area contributed by atoms with Crippen molar-refractivity contribution in [3.05, 3.63) is 65.7 Å². The van der Waals surface area contributed by atoms with Crippen LogP contribution in [0.15, 0.2) is 54.6 Å². The second-order valence-electron chi connectivity index (χ2n) is 7.20. The molecule has 0 aromatic heterocycles. The zero-order valence-corrected chi connectivity index (χ0v) is 15.4. The van der Waals surface area contributed by atoms with E-state index in [1.54, 1.807) is 0 Å². The molecule has 0 aliphatic carbocycles. The van der Waals surface area contributed by atoms with Gasteiger partial charge >= 0.3 is 0 Å². The number of aliphatic hydroxyl groups is 1. The maximum atomic E-state index is 9.63. The third kappa shape index (κ3) is 4.83. The van der Waals surface area contributed by atoms with Gasteiger partial charge in [-0.2, -0.15) is 0 Å². The van der Waals surface area contributed by atoms with E-state index in [0.29, 0.717) is 6.04 Å². The second kappa shape index (κ2) is 8.50. The standard InChI is InChI=1S/C22H30N2O/c1-18(25)20-8-10-22(11-9-20)24-16-13-21(14-17-24)23(2)15-12-19-6-4-3-5-7-19/h3-11,18,21,25H,12-17H2,1-2H3. The van der Waals surface area contributed by atoms with Gasteiger partial charge in [-0.15, -0.1) is 0 Å². The number of aliphatic hydroxyl groups excluding tert-OH is 1. The molecule has 0 spiro atoms. The van der Waals surface area contributed by atoms with Crippen molar-refractivity contribution in [1.82, 2.24) is 4.90 Å². The number of nitrogens with zero attached hydrogens (tertiary/aromatic N) is 2. The number of piperidine rings is 1. The summed E-state index contributed by atoms with van der Waals surface area (Å²) >= 11 is 0. The molecule has 0 amide bonds. The molecule has 2 aromatic rings. The average molecular weight is 338 g/mol. The largest absolute Gasteiger partial charge is 0.389 e. The first kappa shape index (κ1) is 18.0. The highest BCUT2D eigenvalue weighted by Gasteiger charge is 2.22. The Morgan fingerprint density at radius 1 is 1.04 bits per heavy atom. The van der Waals surface area contributed by atoms with Gasteiger partial charge in [0.25, 0.3) is 0 Å². The summed E-state index contributed by atoms with van der Waals surface area (Å²) in [5.41, 5.74) is 3.68. The molecular formula is C22H30N2O. The van der Waals surface area contributed by atoms with E-state index >= 15 is 0 Å². The van der Waals surface area contributed by atoms with Gasteiger partial charge in [-0.3, -0.25) is 0 Å². The molecule has 1 heterocycles. The van der Waals surface area contributed by atoms with Gasteiger partial charge < -0.3 is 14.9 Å². The maximum absolute atomic E-state index is 9.63. The van der Waals surface area contributed by atoms with Crippen LogP contribution in [0.4, 0.5) is 5.69 Å². The van der Waals surface area contributed by atoms with Gasteiger partial charge in [-0.25, -0.2) is 0 Å². The molecule has 0 radical (unpaired) electrons. The van der Waals surface area contributed by atoms with Crippen LogP contribution < -0.4 is 4.90 Å². The van der Waals surface area contributed by atoms with Gasteiger partial charge in [0, 0.05) is 31.4 Å². The summed E-state index contributed by atoms with van der Waals surface area (Å²) in [5.74, 6) is 0. The molecule has 0 bridgehead atoms. The van der Waals surface area contributed by atoms with Crippen molar-refractivity contribution in [2.45, 2.75) is 38.3 Å². The number of rotatable bonds is 6. The summed E-state index contributed by atoms with van der Waals surface area (Å²) in [7, 11) is 2.26. The second-order valence-corrected chi connectivity index (χ2v) is 7.20. The normalized spacial score (nSPS) is 17.0. The van der Waals surface area contributed by atoms with E-state index in [0.717, 1.165) is 31.6 Å². The minimum Gasteiger partial charge on any atom is -0.389 e. The van der Waals surface area contributed by atoms with E-state index in [9.17, 15) is 5.11 Å². The third-order valence-corrected chi connectivity index (χ3v) is 5.42. The van der Waals surface area contributed by atoms with Gasteiger partial charge in [0.2, 0.25) is 0 Å². The molecule has 134 valence electrons. The Hall–Kier alpha value is -1.84. The van der Waals surface area contributed by atoms with E-state index < -0.39 is 6.10 Å². The van der Waals surface area contributed by atoms with Crippen LogP contribution in [0, 0.1) is 0 Å². The van der Waals surface area contributed by atoms with Crippen molar-refractivity contribution < 1.29 is 5.11 Å². The summed E-state index contributed by atoms with van der Waals surface area (Å²) in [5, 5.41) is 9.63. The Morgan fingerprint density at radius 2 is 1.68 bits per heavy atom. The highest BCUT2D eigenvalue weighted by molar-refractivity contribution is 5.48. The molecule has 0 saturated carbocycles. The fourth-order valence-electron chi connectivity index (χ4n) is 3.66. The van der Waals surface area contributed by atoms with E-state index in [-0.39, 0.29) is 0 Å². The van der Waals surface area contributed by atoms with E-state index in [1.165, 1.54) is 24.1 Å². The van der Waals surface area contributed by atoms with Crippen molar-refractivity contribution in [2.24, 2.45) is 0 Å². The van der Waals surface area contributed by atoms with Crippen LogP contribution in [0.2, 0.25) is 0 Å². The summed E-state index contributed by atoms with van der Waals surface area (Å²) in [6.07, 6.45) is 3.16. The first-order valence-electron chi connectivity index (χ1n) is 9.40. The Balaban J connectivity index is 1.47. The highest BCUT2D eigenvalue weighted by Crippen LogP contribution is 2.24. The summed E-state index contributed by atoms with van der Waals surface area (Å²) in [4.78, 5) is 4.99. The van der Waals surface area contributed by atoms with Crippen LogP contribution in [0.1, 0.15) is 37.0 Å². The van der Waals surface area contributed by atoms with E-state index in [1.807, 2.05) is 19.1 Å². The van der Waals surface area contributed by atoms with Gasteiger partial charge in [0.1, 0.15) is 0 Å². The topological polar surface area (TPSA) is 26.7 Å². The van der Waals surface area contributed by atoms with Gasteiger partial charge in [0.05, 0.1) is 6.10 Å². The minimum atomic E-state index is -0.391. The molecule has 2 aromatic carbocycles. The van der Waals surface area contributed by atoms with Crippen molar-refractivity contribution in [1.29, 1.82) is 0 Å². The average Bonchev–Trinajstić information content (AvgIpc) is 2.67. The number of benzene rings is 2. The monoisotopic (exact) mass is 338 g/mol. The lowest BCUT2D eigenvalue weighted by Crippen LogP contribution is -2.44. The molecule has 1 unspecified atom stereocenters. The Kier molecular flexibility index (Phi) is 6.11. The van der Waals surface area contributed by atoms with Crippen LogP contribution in [0.3, 0.4) is 0 Å². The lowest BCUT2D eigenvalue weighted by atomic mass is 10.0. The van der Waals surface area contributed by atoms with Crippen LogP contribution in [0.5, 0.6) is 0 Å². The molecule has 3 heteroatoms. The Morgan fingerprint density at radius 3 is 2.28 bits per heavy atom. The summed E-state index contributed by atoms with van der Waals surface area (Å²) in [6.45, 7) is 5.15. The number of anilines is 1. The smallest absolute Gasteiger partial charge is 0.0761 e. The zero-order chi connectivity index (χ0) is 17.6. The molecule has 3 nitrogen and oxygen atoms in total. The first-order chi connectivity index (χ1) is 12.1. The highest BCUT2D eigenvalue weighted by atomic mass is 16.3. The molecule has 1 saturated heterocycles. The van der Waals surface area contributed by atoms with Crippen molar-refractivity contribution in [2.75, 3.05) is 31.6 Å². The van der Waals surface area contributed by atoms with E-state index in [2.05, 4.69) is 59.3 Å². The fraction of sp³-hybridized carbons (Fsp3) is 0.455. The predicted molar refractivity (Wildman–Crippen MR) is 105 cm³/mol. The summed E-state index contributed by atoms with van der Waals surface area (Å²) < 4.78 is 0. The molecule has 1 atom stereocenters.